The molecule has 1 N–H and O–H groups in total. The van der Waals surface area contributed by atoms with Crippen LogP contribution < -0.4 is 5.32 Å². The Morgan fingerprint density at radius 2 is 2.16 bits per heavy atom. The summed E-state index contributed by atoms with van der Waals surface area (Å²) in [4.78, 5) is 30.7. The zero-order chi connectivity index (χ0) is 17.6. The molecule has 25 heavy (non-hydrogen) atoms. The van der Waals surface area contributed by atoms with Crippen molar-refractivity contribution in [3.8, 4) is 0 Å². The van der Waals surface area contributed by atoms with Crippen molar-refractivity contribution < 1.29 is 14.0 Å². The van der Waals surface area contributed by atoms with Gasteiger partial charge in [0.25, 0.3) is 0 Å². The third-order valence-corrected chi connectivity index (χ3v) is 4.93. The van der Waals surface area contributed by atoms with Gasteiger partial charge in [-0.25, -0.2) is 4.39 Å². The van der Waals surface area contributed by atoms with Gasteiger partial charge in [-0.3, -0.25) is 14.6 Å². The first kappa shape index (κ1) is 17.4. The number of aromatic nitrogens is 1. The molecule has 0 radical (unpaired) electrons. The van der Waals surface area contributed by atoms with Crippen LogP contribution in [-0.2, 0) is 16.0 Å². The van der Waals surface area contributed by atoms with Crippen LogP contribution in [0, 0.1) is 5.82 Å². The number of benzene rings is 1. The Hall–Kier alpha value is -2.41. The molecule has 1 aliphatic rings. The van der Waals surface area contributed by atoms with E-state index in [2.05, 4.69) is 10.3 Å². The van der Waals surface area contributed by atoms with Gasteiger partial charge in [0.1, 0.15) is 11.9 Å². The Morgan fingerprint density at radius 3 is 2.92 bits per heavy atom. The minimum atomic E-state index is -0.538. The van der Waals surface area contributed by atoms with Gasteiger partial charge >= 0.3 is 0 Å². The number of hydrogen-bond acceptors (Lipinski definition) is 4. The van der Waals surface area contributed by atoms with E-state index in [4.69, 9.17) is 0 Å². The fraction of sp³-hybridized carbons (Fsp3) is 0.278. The fourth-order valence-corrected chi connectivity index (χ4v) is 3.80. The zero-order valence-electron chi connectivity index (χ0n) is 13.5. The average Bonchev–Trinajstić information content (AvgIpc) is 3.10. The van der Waals surface area contributed by atoms with E-state index in [1.807, 2.05) is 18.2 Å². The Kier molecular flexibility index (Phi) is 5.65. The summed E-state index contributed by atoms with van der Waals surface area (Å²) in [7, 11) is 0. The predicted molar refractivity (Wildman–Crippen MR) is 95.5 cm³/mol. The number of thioether (sulfide) groups is 1. The van der Waals surface area contributed by atoms with Crippen LogP contribution in [-0.4, -0.2) is 39.4 Å². The second-order valence-electron chi connectivity index (χ2n) is 5.70. The largest absolute Gasteiger partial charge is 0.324 e. The van der Waals surface area contributed by atoms with Crippen molar-refractivity contribution in [2.45, 2.75) is 18.9 Å². The van der Waals surface area contributed by atoms with Crippen LogP contribution >= 0.6 is 11.8 Å². The molecule has 1 aromatic heterocycles. The zero-order valence-corrected chi connectivity index (χ0v) is 14.3. The summed E-state index contributed by atoms with van der Waals surface area (Å²) in [5.74, 6) is 0.248. The van der Waals surface area contributed by atoms with Crippen molar-refractivity contribution in [1.29, 1.82) is 0 Å². The third kappa shape index (κ3) is 4.57. The van der Waals surface area contributed by atoms with Crippen molar-refractivity contribution in [2.75, 3.05) is 16.9 Å². The number of carbonyl (C=O) groups is 2. The summed E-state index contributed by atoms with van der Waals surface area (Å²) in [6.45, 7) is 0. The number of hydrogen-bond donors (Lipinski definition) is 1. The number of rotatable bonds is 5. The molecule has 1 atom stereocenters. The standard InChI is InChI=1S/C18H18FN3O2S/c19-13-4-3-6-15(10-13)21-18(24)16-11-25-12-22(16)17(23)8-7-14-5-1-2-9-20-14/h1-6,9-10,16H,7-8,11-12H2,(H,21,24). The first-order valence-electron chi connectivity index (χ1n) is 7.97. The highest BCUT2D eigenvalue weighted by Gasteiger charge is 2.34. The molecule has 0 spiro atoms. The lowest BCUT2D eigenvalue weighted by molar-refractivity contribution is -0.136. The van der Waals surface area contributed by atoms with E-state index in [0.717, 1.165) is 5.69 Å². The lowest BCUT2D eigenvalue weighted by Gasteiger charge is -2.23. The number of carbonyl (C=O) groups excluding carboxylic acids is 2. The first-order chi connectivity index (χ1) is 12.1. The molecule has 130 valence electrons. The maximum atomic E-state index is 13.2. The van der Waals surface area contributed by atoms with Crippen LogP contribution in [0.2, 0.25) is 0 Å². The second-order valence-corrected chi connectivity index (χ2v) is 6.70. The molecular weight excluding hydrogens is 341 g/mol. The molecule has 0 saturated carbocycles. The summed E-state index contributed by atoms with van der Waals surface area (Å²) < 4.78 is 13.2. The highest BCUT2D eigenvalue weighted by molar-refractivity contribution is 7.99. The minimum Gasteiger partial charge on any atom is -0.324 e. The van der Waals surface area contributed by atoms with Crippen LogP contribution in [0.4, 0.5) is 10.1 Å². The van der Waals surface area contributed by atoms with Crippen molar-refractivity contribution in [3.63, 3.8) is 0 Å². The van der Waals surface area contributed by atoms with Gasteiger partial charge < -0.3 is 10.2 Å². The number of pyridine rings is 1. The van der Waals surface area contributed by atoms with Crippen LogP contribution in [0.5, 0.6) is 0 Å². The van der Waals surface area contributed by atoms with E-state index in [-0.39, 0.29) is 11.8 Å². The van der Waals surface area contributed by atoms with Gasteiger partial charge in [0.2, 0.25) is 11.8 Å². The first-order valence-corrected chi connectivity index (χ1v) is 9.12. The third-order valence-electron chi connectivity index (χ3n) is 3.92. The molecule has 5 nitrogen and oxygen atoms in total. The van der Waals surface area contributed by atoms with E-state index < -0.39 is 11.9 Å². The van der Waals surface area contributed by atoms with Crippen molar-refractivity contribution >= 4 is 29.3 Å². The summed E-state index contributed by atoms with van der Waals surface area (Å²) in [6, 6.07) is 10.8. The number of halogens is 1. The van der Waals surface area contributed by atoms with Crippen molar-refractivity contribution in [1.82, 2.24) is 9.88 Å². The molecule has 1 saturated heterocycles. The number of aryl methyl sites for hydroxylation is 1. The smallest absolute Gasteiger partial charge is 0.248 e. The van der Waals surface area contributed by atoms with Gasteiger partial charge in [-0.2, -0.15) is 0 Å². The molecule has 0 bridgehead atoms. The highest BCUT2D eigenvalue weighted by Crippen LogP contribution is 2.23. The normalized spacial score (nSPS) is 16.7. The van der Waals surface area contributed by atoms with E-state index in [0.29, 0.717) is 30.2 Å². The minimum absolute atomic E-state index is 0.0740. The maximum absolute atomic E-state index is 13.2. The van der Waals surface area contributed by atoms with Gasteiger partial charge in [0.05, 0.1) is 5.88 Å². The van der Waals surface area contributed by atoms with Gasteiger partial charge in [-0.05, 0) is 36.8 Å². The van der Waals surface area contributed by atoms with E-state index in [9.17, 15) is 14.0 Å². The monoisotopic (exact) mass is 359 g/mol. The van der Waals surface area contributed by atoms with E-state index >= 15 is 0 Å². The quantitative estimate of drug-likeness (QED) is 0.892. The Bertz CT molecular complexity index is 757. The predicted octanol–water partition coefficient (Wildman–Crippen LogP) is 2.69. The van der Waals surface area contributed by atoms with Crippen molar-refractivity contribution in [3.05, 3.63) is 60.2 Å². The topological polar surface area (TPSA) is 62.3 Å². The van der Waals surface area contributed by atoms with Crippen LogP contribution in [0.3, 0.4) is 0 Å². The average molecular weight is 359 g/mol. The molecule has 1 aliphatic heterocycles. The molecule has 2 amide bonds. The lowest BCUT2D eigenvalue weighted by Crippen LogP contribution is -2.44. The highest BCUT2D eigenvalue weighted by atomic mass is 32.2. The molecule has 7 heteroatoms. The molecule has 2 heterocycles. The van der Waals surface area contributed by atoms with Crippen LogP contribution in [0.15, 0.2) is 48.7 Å². The van der Waals surface area contributed by atoms with E-state index in [1.54, 1.807) is 17.2 Å². The Morgan fingerprint density at radius 1 is 1.28 bits per heavy atom. The van der Waals surface area contributed by atoms with Gasteiger partial charge in [-0.15, -0.1) is 11.8 Å². The Labute approximate surface area is 149 Å². The summed E-state index contributed by atoms with van der Waals surface area (Å²) in [5.41, 5.74) is 1.24. The van der Waals surface area contributed by atoms with Crippen LogP contribution in [0.1, 0.15) is 12.1 Å². The Balaban J connectivity index is 1.59. The molecular formula is C18H18FN3O2S. The van der Waals surface area contributed by atoms with Crippen molar-refractivity contribution in [2.24, 2.45) is 0 Å². The second kappa shape index (κ2) is 8.11. The van der Waals surface area contributed by atoms with Gasteiger partial charge in [-0.1, -0.05) is 12.1 Å². The lowest BCUT2D eigenvalue weighted by atomic mass is 10.2. The number of anilines is 1. The maximum Gasteiger partial charge on any atom is 0.248 e. The summed E-state index contributed by atoms with van der Waals surface area (Å²) >= 11 is 1.54. The molecule has 1 fully saturated rings. The number of nitrogens with one attached hydrogen (secondary N) is 1. The molecule has 3 rings (SSSR count). The van der Waals surface area contributed by atoms with Gasteiger partial charge in [0, 0.05) is 29.8 Å². The summed E-state index contributed by atoms with van der Waals surface area (Å²) in [6.07, 6.45) is 2.54. The van der Waals surface area contributed by atoms with Gasteiger partial charge in [0.15, 0.2) is 0 Å². The van der Waals surface area contributed by atoms with E-state index in [1.165, 1.54) is 30.0 Å². The summed E-state index contributed by atoms with van der Waals surface area (Å²) in [5, 5.41) is 2.68. The molecule has 0 aliphatic carbocycles. The number of nitrogens with zero attached hydrogens (tertiary/aromatic N) is 2. The SMILES string of the molecule is O=C(Nc1cccc(F)c1)C1CSCN1C(=O)CCc1ccccn1. The van der Waals surface area contributed by atoms with Crippen LogP contribution in [0.25, 0.3) is 0 Å². The number of amides is 2. The fourth-order valence-electron chi connectivity index (χ4n) is 2.62. The molecule has 2 aromatic rings. The molecule has 1 aromatic carbocycles. The molecule has 1 unspecified atom stereocenters.